The zero-order valence-corrected chi connectivity index (χ0v) is 8.54. The SMILES string of the molecule is N#CCC1CN1Cc1ccc(Cl)cc1. The molecule has 1 fully saturated rings. The summed E-state index contributed by atoms with van der Waals surface area (Å²) >= 11 is 5.79. The Balaban J connectivity index is 1.88. The van der Waals surface area contributed by atoms with E-state index in [9.17, 15) is 0 Å². The van der Waals surface area contributed by atoms with E-state index in [1.54, 1.807) is 0 Å². The maximum Gasteiger partial charge on any atom is 0.0638 e. The van der Waals surface area contributed by atoms with Crippen LogP contribution in [0.1, 0.15) is 12.0 Å². The Hall–Kier alpha value is -1.04. The lowest BCUT2D eigenvalue weighted by atomic mass is 10.2. The quantitative estimate of drug-likeness (QED) is 0.711. The summed E-state index contributed by atoms with van der Waals surface area (Å²) in [4.78, 5) is 2.28. The molecular formula is C11H11ClN2. The van der Waals surface area contributed by atoms with Gasteiger partial charge in [0, 0.05) is 24.2 Å². The number of nitrogens with zero attached hydrogens (tertiary/aromatic N) is 2. The predicted molar refractivity (Wildman–Crippen MR) is 55.9 cm³/mol. The molecule has 2 atom stereocenters. The zero-order chi connectivity index (χ0) is 9.97. The van der Waals surface area contributed by atoms with Gasteiger partial charge < -0.3 is 0 Å². The Labute approximate surface area is 88.7 Å². The van der Waals surface area contributed by atoms with Gasteiger partial charge in [0.2, 0.25) is 0 Å². The fourth-order valence-electron chi connectivity index (χ4n) is 1.54. The average molecular weight is 207 g/mol. The molecule has 0 N–H and O–H groups in total. The Morgan fingerprint density at radius 1 is 1.43 bits per heavy atom. The van der Waals surface area contributed by atoms with Gasteiger partial charge in [-0.2, -0.15) is 5.26 Å². The Morgan fingerprint density at radius 2 is 2.14 bits per heavy atom. The van der Waals surface area contributed by atoms with E-state index in [-0.39, 0.29) is 0 Å². The first-order valence-corrected chi connectivity index (χ1v) is 5.03. The predicted octanol–water partition coefficient (Wildman–Crippen LogP) is 2.44. The van der Waals surface area contributed by atoms with Crippen molar-refractivity contribution in [3.63, 3.8) is 0 Å². The van der Waals surface area contributed by atoms with E-state index in [0.29, 0.717) is 12.5 Å². The molecule has 72 valence electrons. The Kier molecular flexibility index (Phi) is 2.72. The summed E-state index contributed by atoms with van der Waals surface area (Å²) in [6.45, 7) is 1.99. The molecule has 2 nitrogen and oxygen atoms in total. The second-order valence-corrected chi connectivity index (χ2v) is 4.01. The van der Waals surface area contributed by atoms with Crippen LogP contribution in [0.25, 0.3) is 0 Å². The molecule has 1 aliphatic rings. The molecule has 0 aliphatic carbocycles. The maximum atomic E-state index is 8.50. The van der Waals surface area contributed by atoms with Crippen LogP contribution in [0.4, 0.5) is 0 Å². The zero-order valence-electron chi connectivity index (χ0n) is 7.78. The van der Waals surface area contributed by atoms with Crippen molar-refractivity contribution >= 4 is 11.6 Å². The summed E-state index contributed by atoms with van der Waals surface area (Å²) in [5.74, 6) is 0. The molecule has 1 aromatic carbocycles. The molecular weight excluding hydrogens is 196 g/mol. The van der Waals surface area contributed by atoms with Crippen LogP contribution in [0.2, 0.25) is 5.02 Å². The van der Waals surface area contributed by atoms with E-state index < -0.39 is 0 Å². The lowest BCUT2D eigenvalue weighted by Gasteiger charge is -2.02. The summed E-state index contributed by atoms with van der Waals surface area (Å²) in [7, 11) is 0. The van der Waals surface area contributed by atoms with Crippen LogP contribution in [0.3, 0.4) is 0 Å². The fraction of sp³-hybridized carbons (Fsp3) is 0.364. The van der Waals surface area contributed by atoms with Crippen molar-refractivity contribution in [2.45, 2.75) is 19.0 Å². The van der Waals surface area contributed by atoms with Crippen LogP contribution in [0.15, 0.2) is 24.3 Å². The minimum Gasteiger partial charge on any atom is -0.292 e. The third-order valence-corrected chi connectivity index (χ3v) is 2.71. The van der Waals surface area contributed by atoms with Gasteiger partial charge in [-0.3, -0.25) is 4.90 Å². The minimum absolute atomic E-state index is 0.482. The largest absolute Gasteiger partial charge is 0.292 e. The highest BCUT2D eigenvalue weighted by Crippen LogP contribution is 2.23. The van der Waals surface area contributed by atoms with Gasteiger partial charge in [0.1, 0.15) is 0 Å². The van der Waals surface area contributed by atoms with Crippen molar-refractivity contribution < 1.29 is 0 Å². The molecule has 0 aromatic heterocycles. The smallest absolute Gasteiger partial charge is 0.0638 e. The Morgan fingerprint density at radius 3 is 2.79 bits per heavy atom. The van der Waals surface area contributed by atoms with Crippen molar-refractivity contribution in [2.24, 2.45) is 0 Å². The van der Waals surface area contributed by atoms with Gasteiger partial charge in [0.15, 0.2) is 0 Å². The van der Waals surface area contributed by atoms with Gasteiger partial charge >= 0.3 is 0 Å². The highest BCUT2D eigenvalue weighted by molar-refractivity contribution is 6.30. The molecule has 0 amide bonds. The van der Waals surface area contributed by atoms with E-state index in [1.165, 1.54) is 5.56 Å². The number of nitriles is 1. The van der Waals surface area contributed by atoms with Crippen molar-refractivity contribution in [1.29, 1.82) is 5.26 Å². The van der Waals surface area contributed by atoms with E-state index in [1.807, 2.05) is 24.3 Å². The summed E-state index contributed by atoms with van der Waals surface area (Å²) in [6, 6.07) is 10.5. The van der Waals surface area contributed by atoms with Crippen LogP contribution in [-0.2, 0) is 6.54 Å². The molecule has 14 heavy (non-hydrogen) atoms. The van der Waals surface area contributed by atoms with Gasteiger partial charge in [-0.05, 0) is 17.7 Å². The molecule has 3 heteroatoms. The molecule has 0 saturated carbocycles. The van der Waals surface area contributed by atoms with Gasteiger partial charge in [0.25, 0.3) is 0 Å². The molecule has 1 aromatic rings. The fourth-order valence-corrected chi connectivity index (χ4v) is 1.67. The lowest BCUT2D eigenvalue weighted by Crippen LogP contribution is -2.01. The number of rotatable bonds is 3. The van der Waals surface area contributed by atoms with Crippen molar-refractivity contribution in [1.82, 2.24) is 4.90 Å². The number of halogens is 1. The van der Waals surface area contributed by atoms with E-state index in [0.717, 1.165) is 18.1 Å². The first-order chi connectivity index (χ1) is 6.79. The third kappa shape index (κ3) is 2.25. The van der Waals surface area contributed by atoms with Crippen LogP contribution >= 0.6 is 11.6 Å². The monoisotopic (exact) mass is 206 g/mol. The summed E-state index contributed by atoms with van der Waals surface area (Å²) in [5.41, 5.74) is 1.26. The molecule has 0 bridgehead atoms. The van der Waals surface area contributed by atoms with Gasteiger partial charge in [0.05, 0.1) is 12.5 Å². The summed E-state index contributed by atoms with van der Waals surface area (Å²) < 4.78 is 0. The highest BCUT2D eigenvalue weighted by Gasteiger charge is 2.32. The second-order valence-electron chi connectivity index (χ2n) is 3.57. The molecule has 0 radical (unpaired) electrons. The number of benzene rings is 1. The number of hydrogen-bond donors (Lipinski definition) is 0. The topological polar surface area (TPSA) is 26.8 Å². The molecule has 1 saturated heterocycles. The lowest BCUT2D eigenvalue weighted by molar-refractivity contribution is 0.504. The van der Waals surface area contributed by atoms with Crippen LogP contribution in [0, 0.1) is 11.3 Å². The van der Waals surface area contributed by atoms with Crippen LogP contribution in [0.5, 0.6) is 0 Å². The molecule has 1 heterocycles. The van der Waals surface area contributed by atoms with Crippen molar-refractivity contribution in [3.8, 4) is 6.07 Å². The minimum atomic E-state index is 0.482. The highest BCUT2D eigenvalue weighted by atomic mass is 35.5. The van der Waals surface area contributed by atoms with Gasteiger partial charge in [-0.15, -0.1) is 0 Å². The van der Waals surface area contributed by atoms with E-state index in [2.05, 4.69) is 11.0 Å². The molecule has 0 spiro atoms. The van der Waals surface area contributed by atoms with E-state index in [4.69, 9.17) is 16.9 Å². The molecule has 2 unspecified atom stereocenters. The molecule has 2 rings (SSSR count). The second kappa shape index (κ2) is 4.00. The van der Waals surface area contributed by atoms with E-state index >= 15 is 0 Å². The summed E-state index contributed by atoms with van der Waals surface area (Å²) in [6.07, 6.45) is 0.646. The van der Waals surface area contributed by atoms with Gasteiger partial charge in [-0.1, -0.05) is 23.7 Å². The first kappa shape index (κ1) is 9.51. The third-order valence-electron chi connectivity index (χ3n) is 2.45. The van der Waals surface area contributed by atoms with Gasteiger partial charge in [-0.25, -0.2) is 0 Å². The Bertz CT molecular complexity index is 353. The maximum absolute atomic E-state index is 8.50. The van der Waals surface area contributed by atoms with Crippen LogP contribution < -0.4 is 0 Å². The van der Waals surface area contributed by atoms with Crippen molar-refractivity contribution in [2.75, 3.05) is 6.54 Å². The van der Waals surface area contributed by atoms with Crippen LogP contribution in [-0.4, -0.2) is 17.5 Å². The van der Waals surface area contributed by atoms with Crippen molar-refractivity contribution in [3.05, 3.63) is 34.9 Å². The number of hydrogen-bond acceptors (Lipinski definition) is 2. The first-order valence-electron chi connectivity index (χ1n) is 4.65. The summed E-state index contributed by atoms with van der Waals surface area (Å²) in [5, 5.41) is 9.27. The normalized spacial score (nSPS) is 24.3. The molecule has 1 aliphatic heterocycles. The standard InChI is InChI=1S/C11H11ClN2/c12-10-3-1-9(2-4-10)7-14-8-11(14)5-6-13/h1-4,11H,5,7-8H2. The average Bonchev–Trinajstić information content (AvgIpc) is 2.89.